The summed E-state index contributed by atoms with van der Waals surface area (Å²) in [5.74, 6) is -0.694. The Hall–Kier alpha value is -2.87. The SMILES string of the molecule is CC[C@H](C(=O)NC(C)C)N(Cc1ccc(C)cc1)C(=O)CN(c1ccc(C(C)(C)C)cc1)S(C)(=O)=O. The van der Waals surface area contributed by atoms with Crippen LogP contribution in [0.1, 0.15) is 64.7 Å². The van der Waals surface area contributed by atoms with Gasteiger partial charge in [-0.2, -0.15) is 0 Å². The van der Waals surface area contributed by atoms with Gasteiger partial charge in [0.2, 0.25) is 21.8 Å². The molecule has 0 aromatic heterocycles. The fourth-order valence-electron chi connectivity index (χ4n) is 3.93. The number of hydrogen-bond donors (Lipinski definition) is 1. The van der Waals surface area contributed by atoms with E-state index in [1.807, 2.05) is 64.1 Å². The predicted molar refractivity (Wildman–Crippen MR) is 146 cm³/mol. The molecule has 0 radical (unpaired) electrons. The largest absolute Gasteiger partial charge is 0.352 e. The quantitative estimate of drug-likeness (QED) is 0.508. The number of anilines is 1. The van der Waals surface area contributed by atoms with E-state index in [1.54, 1.807) is 12.1 Å². The third kappa shape index (κ3) is 8.08. The molecule has 198 valence electrons. The Balaban J connectivity index is 2.44. The Morgan fingerprint density at radius 1 is 0.972 bits per heavy atom. The highest BCUT2D eigenvalue weighted by molar-refractivity contribution is 7.92. The molecule has 0 heterocycles. The molecule has 0 aliphatic carbocycles. The minimum Gasteiger partial charge on any atom is -0.352 e. The van der Waals surface area contributed by atoms with E-state index in [2.05, 4.69) is 26.1 Å². The fourth-order valence-corrected chi connectivity index (χ4v) is 4.78. The van der Waals surface area contributed by atoms with Gasteiger partial charge in [0, 0.05) is 12.6 Å². The van der Waals surface area contributed by atoms with Gasteiger partial charge in [0.1, 0.15) is 12.6 Å². The van der Waals surface area contributed by atoms with Crippen molar-refractivity contribution in [2.75, 3.05) is 17.1 Å². The number of aryl methyl sites for hydroxylation is 1. The lowest BCUT2D eigenvalue weighted by atomic mass is 9.87. The van der Waals surface area contributed by atoms with Crippen LogP contribution in [0.15, 0.2) is 48.5 Å². The zero-order chi connectivity index (χ0) is 27.3. The molecule has 1 atom stereocenters. The molecule has 2 aromatic carbocycles. The average molecular weight is 516 g/mol. The highest BCUT2D eigenvalue weighted by Gasteiger charge is 2.32. The van der Waals surface area contributed by atoms with Gasteiger partial charge in [-0.1, -0.05) is 69.7 Å². The molecule has 0 aliphatic rings. The summed E-state index contributed by atoms with van der Waals surface area (Å²) < 4.78 is 26.6. The van der Waals surface area contributed by atoms with Crippen LogP contribution in [0.5, 0.6) is 0 Å². The van der Waals surface area contributed by atoms with E-state index >= 15 is 0 Å². The van der Waals surface area contributed by atoms with E-state index in [4.69, 9.17) is 0 Å². The Labute approximate surface area is 216 Å². The number of sulfonamides is 1. The first kappa shape index (κ1) is 29.4. The number of carbonyl (C=O) groups is 2. The van der Waals surface area contributed by atoms with E-state index in [0.717, 1.165) is 27.3 Å². The molecule has 0 bridgehead atoms. The van der Waals surface area contributed by atoms with Gasteiger partial charge in [0.25, 0.3) is 0 Å². The molecule has 2 aromatic rings. The second-order valence-corrected chi connectivity index (χ2v) is 12.6. The number of amides is 2. The maximum absolute atomic E-state index is 13.7. The van der Waals surface area contributed by atoms with Gasteiger partial charge in [0.15, 0.2) is 0 Å². The maximum Gasteiger partial charge on any atom is 0.244 e. The van der Waals surface area contributed by atoms with Crippen molar-refractivity contribution >= 4 is 27.5 Å². The van der Waals surface area contributed by atoms with Crippen molar-refractivity contribution in [1.82, 2.24) is 10.2 Å². The molecule has 36 heavy (non-hydrogen) atoms. The topological polar surface area (TPSA) is 86.8 Å². The molecular formula is C28H41N3O4S. The lowest BCUT2D eigenvalue weighted by Gasteiger charge is -2.33. The fraction of sp³-hybridized carbons (Fsp3) is 0.500. The first-order valence-corrected chi connectivity index (χ1v) is 14.2. The van der Waals surface area contributed by atoms with E-state index < -0.39 is 28.5 Å². The normalized spacial score (nSPS) is 12.8. The predicted octanol–water partition coefficient (Wildman–Crippen LogP) is 4.39. The Kier molecular flexibility index (Phi) is 9.71. The van der Waals surface area contributed by atoms with Crippen molar-refractivity contribution in [3.05, 3.63) is 65.2 Å². The van der Waals surface area contributed by atoms with Gasteiger partial charge in [-0.25, -0.2) is 8.42 Å². The highest BCUT2D eigenvalue weighted by atomic mass is 32.2. The Bertz CT molecular complexity index is 1130. The summed E-state index contributed by atoms with van der Waals surface area (Å²) in [4.78, 5) is 28.2. The van der Waals surface area contributed by atoms with Crippen molar-refractivity contribution in [2.45, 2.75) is 78.9 Å². The summed E-state index contributed by atoms with van der Waals surface area (Å²) in [6.07, 6.45) is 1.49. The summed E-state index contributed by atoms with van der Waals surface area (Å²) in [6, 6.07) is 14.1. The number of benzene rings is 2. The van der Waals surface area contributed by atoms with Crippen LogP contribution in [0.4, 0.5) is 5.69 Å². The van der Waals surface area contributed by atoms with Crippen LogP contribution in [-0.4, -0.2) is 50.0 Å². The Morgan fingerprint density at radius 2 is 1.53 bits per heavy atom. The molecule has 7 nitrogen and oxygen atoms in total. The summed E-state index contributed by atoms with van der Waals surface area (Å²) in [5, 5.41) is 2.89. The van der Waals surface area contributed by atoms with Crippen LogP contribution < -0.4 is 9.62 Å². The molecule has 0 spiro atoms. The molecule has 0 saturated carbocycles. The zero-order valence-electron chi connectivity index (χ0n) is 22.8. The summed E-state index contributed by atoms with van der Waals surface area (Å²) in [6.45, 7) is 13.6. The monoisotopic (exact) mass is 515 g/mol. The maximum atomic E-state index is 13.7. The summed E-state index contributed by atoms with van der Waals surface area (Å²) in [7, 11) is -3.76. The number of hydrogen-bond acceptors (Lipinski definition) is 4. The first-order valence-electron chi connectivity index (χ1n) is 12.4. The minimum atomic E-state index is -3.76. The van der Waals surface area contributed by atoms with E-state index in [9.17, 15) is 18.0 Å². The van der Waals surface area contributed by atoms with Gasteiger partial charge in [-0.05, 0) is 55.9 Å². The molecule has 2 rings (SSSR count). The number of nitrogens with one attached hydrogen (secondary N) is 1. The molecule has 0 unspecified atom stereocenters. The van der Waals surface area contributed by atoms with Crippen molar-refractivity contribution in [3.8, 4) is 0 Å². The zero-order valence-corrected chi connectivity index (χ0v) is 23.6. The van der Waals surface area contributed by atoms with Gasteiger partial charge in [0.05, 0.1) is 11.9 Å². The molecule has 1 N–H and O–H groups in total. The third-order valence-electron chi connectivity index (χ3n) is 5.99. The Morgan fingerprint density at radius 3 is 1.97 bits per heavy atom. The number of rotatable bonds is 10. The standard InChI is InChI=1S/C28H41N3O4S/c1-9-25(27(33)29-20(2)3)30(18-22-12-10-21(4)11-13-22)26(32)19-31(36(8,34)35)24-16-14-23(15-17-24)28(5,6)7/h10-17,20,25H,9,18-19H2,1-8H3,(H,29,33)/t25-/m1/s1. The van der Waals surface area contributed by atoms with Crippen molar-refractivity contribution < 1.29 is 18.0 Å². The van der Waals surface area contributed by atoms with Crippen LogP contribution in [0.2, 0.25) is 0 Å². The van der Waals surface area contributed by atoms with Crippen LogP contribution in [0, 0.1) is 6.92 Å². The molecule has 2 amide bonds. The molecule has 0 saturated heterocycles. The van der Waals surface area contributed by atoms with Crippen molar-refractivity contribution in [1.29, 1.82) is 0 Å². The minimum absolute atomic E-state index is 0.0864. The number of carbonyl (C=O) groups excluding carboxylic acids is 2. The molecule has 0 fully saturated rings. The van der Waals surface area contributed by atoms with Gasteiger partial charge in [-0.3, -0.25) is 13.9 Å². The van der Waals surface area contributed by atoms with E-state index in [1.165, 1.54) is 4.90 Å². The smallest absolute Gasteiger partial charge is 0.244 e. The van der Waals surface area contributed by atoms with Gasteiger partial charge >= 0.3 is 0 Å². The van der Waals surface area contributed by atoms with Crippen molar-refractivity contribution in [2.24, 2.45) is 0 Å². The third-order valence-corrected chi connectivity index (χ3v) is 7.13. The van der Waals surface area contributed by atoms with Crippen LogP contribution >= 0.6 is 0 Å². The van der Waals surface area contributed by atoms with Gasteiger partial charge < -0.3 is 10.2 Å². The molecule has 0 aliphatic heterocycles. The molecular weight excluding hydrogens is 474 g/mol. The lowest BCUT2D eigenvalue weighted by Crippen LogP contribution is -2.53. The van der Waals surface area contributed by atoms with Crippen LogP contribution in [0.25, 0.3) is 0 Å². The van der Waals surface area contributed by atoms with Crippen LogP contribution in [0.3, 0.4) is 0 Å². The molecule has 8 heteroatoms. The average Bonchev–Trinajstić information content (AvgIpc) is 2.76. The lowest BCUT2D eigenvalue weighted by molar-refractivity contribution is -0.140. The first-order chi connectivity index (χ1) is 16.6. The van der Waals surface area contributed by atoms with Gasteiger partial charge in [-0.15, -0.1) is 0 Å². The second-order valence-electron chi connectivity index (χ2n) is 10.7. The van der Waals surface area contributed by atoms with E-state index in [0.29, 0.717) is 12.1 Å². The van der Waals surface area contributed by atoms with E-state index in [-0.39, 0.29) is 23.9 Å². The summed E-state index contributed by atoms with van der Waals surface area (Å²) in [5.41, 5.74) is 3.33. The van der Waals surface area contributed by atoms with Crippen molar-refractivity contribution in [3.63, 3.8) is 0 Å². The second kappa shape index (κ2) is 11.9. The summed E-state index contributed by atoms with van der Waals surface area (Å²) >= 11 is 0. The highest BCUT2D eigenvalue weighted by Crippen LogP contribution is 2.26. The number of nitrogens with zero attached hydrogens (tertiary/aromatic N) is 2. The van der Waals surface area contributed by atoms with Crippen LogP contribution in [-0.2, 0) is 31.6 Å².